The summed E-state index contributed by atoms with van der Waals surface area (Å²) in [6.45, 7) is 1.52. The summed E-state index contributed by atoms with van der Waals surface area (Å²) >= 11 is 0. The molecule has 0 unspecified atom stereocenters. The number of aliphatic hydroxyl groups excluding tert-OH is 1. The van der Waals surface area contributed by atoms with Crippen LogP contribution in [0.4, 0.5) is 5.69 Å². The average molecular weight is 233 g/mol. The number of hydrogen-bond donors (Lipinski definition) is 1. The van der Waals surface area contributed by atoms with Crippen LogP contribution in [0.1, 0.15) is 11.3 Å². The van der Waals surface area contributed by atoms with Crippen molar-refractivity contribution in [2.45, 2.75) is 13.5 Å². The maximum atomic E-state index is 10.7. The summed E-state index contributed by atoms with van der Waals surface area (Å²) < 4.78 is 5.35. The fourth-order valence-corrected chi connectivity index (χ4v) is 1.63. The Morgan fingerprint density at radius 2 is 2.12 bits per heavy atom. The minimum absolute atomic E-state index is 0.0858. The number of benzene rings is 1. The van der Waals surface area contributed by atoms with E-state index in [-0.39, 0.29) is 12.3 Å². The Labute approximate surface area is 97.5 Å². The number of rotatable bonds is 3. The molecule has 5 heteroatoms. The minimum Gasteiger partial charge on any atom is -0.459 e. The van der Waals surface area contributed by atoms with Gasteiger partial charge in [0.2, 0.25) is 0 Å². The van der Waals surface area contributed by atoms with Crippen molar-refractivity contribution in [3.8, 4) is 11.3 Å². The SMILES string of the molecule is Cc1cc(-c2ccc(CO)o2)ccc1[N+](=O)[O-]. The maximum absolute atomic E-state index is 10.7. The fourth-order valence-electron chi connectivity index (χ4n) is 1.63. The monoisotopic (exact) mass is 233 g/mol. The predicted octanol–water partition coefficient (Wildman–Crippen LogP) is 2.66. The number of aliphatic hydroxyl groups is 1. The minimum atomic E-state index is -0.416. The van der Waals surface area contributed by atoms with E-state index in [0.29, 0.717) is 17.1 Å². The molecule has 17 heavy (non-hydrogen) atoms. The first kappa shape index (κ1) is 11.3. The second-order valence-electron chi connectivity index (χ2n) is 3.68. The highest BCUT2D eigenvalue weighted by molar-refractivity contribution is 5.62. The van der Waals surface area contributed by atoms with Crippen molar-refractivity contribution in [3.63, 3.8) is 0 Å². The van der Waals surface area contributed by atoms with Crippen LogP contribution < -0.4 is 0 Å². The topological polar surface area (TPSA) is 76.5 Å². The van der Waals surface area contributed by atoms with Crippen molar-refractivity contribution >= 4 is 5.69 Å². The number of nitrogens with zero attached hydrogens (tertiary/aromatic N) is 1. The molecule has 0 aliphatic heterocycles. The van der Waals surface area contributed by atoms with Gasteiger partial charge in [-0.1, -0.05) is 0 Å². The summed E-state index contributed by atoms with van der Waals surface area (Å²) in [5, 5.41) is 19.6. The molecular weight excluding hydrogens is 222 g/mol. The van der Waals surface area contributed by atoms with Crippen molar-refractivity contribution < 1.29 is 14.4 Å². The van der Waals surface area contributed by atoms with Crippen LogP contribution in [0.2, 0.25) is 0 Å². The molecule has 0 atom stereocenters. The van der Waals surface area contributed by atoms with Crippen molar-refractivity contribution in [2.75, 3.05) is 0 Å². The predicted molar refractivity (Wildman–Crippen MR) is 61.5 cm³/mol. The summed E-state index contributed by atoms with van der Waals surface area (Å²) in [6.07, 6.45) is 0. The number of nitro benzene ring substituents is 1. The molecule has 1 aromatic heterocycles. The Bertz CT molecular complexity index is 559. The summed E-state index contributed by atoms with van der Waals surface area (Å²) in [5.74, 6) is 1.06. The second-order valence-corrected chi connectivity index (χ2v) is 3.68. The lowest BCUT2D eigenvalue weighted by Crippen LogP contribution is -1.91. The summed E-state index contributed by atoms with van der Waals surface area (Å²) in [6, 6.07) is 8.17. The lowest BCUT2D eigenvalue weighted by molar-refractivity contribution is -0.385. The molecule has 0 radical (unpaired) electrons. The van der Waals surface area contributed by atoms with E-state index < -0.39 is 4.92 Å². The van der Waals surface area contributed by atoms with Crippen LogP contribution in [0.3, 0.4) is 0 Å². The number of aryl methyl sites for hydroxylation is 1. The van der Waals surface area contributed by atoms with Gasteiger partial charge in [-0.05, 0) is 31.2 Å². The van der Waals surface area contributed by atoms with E-state index in [0.717, 1.165) is 5.56 Å². The van der Waals surface area contributed by atoms with E-state index in [1.54, 1.807) is 31.2 Å². The first-order valence-electron chi connectivity index (χ1n) is 5.07. The molecule has 88 valence electrons. The molecule has 2 aromatic rings. The van der Waals surface area contributed by atoms with Crippen LogP contribution in [0.15, 0.2) is 34.7 Å². The third-order valence-electron chi connectivity index (χ3n) is 2.50. The normalized spacial score (nSPS) is 10.5. The molecule has 0 bridgehead atoms. The molecule has 2 rings (SSSR count). The van der Waals surface area contributed by atoms with Crippen LogP contribution >= 0.6 is 0 Å². The first-order chi connectivity index (χ1) is 8.11. The van der Waals surface area contributed by atoms with Crippen molar-refractivity contribution in [2.24, 2.45) is 0 Å². The molecule has 1 N–H and O–H groups in total. The number of nitro groups is 1. The van der Waals surface area contributed by atoms with Crippen molar-refractivity contribution in [3.05, 3.63) is 51.8 Å². The summed E-state index contributed by atoms with van der Waals surface area (Å²) in [7, 11) is 0. The van der Waals surface area contributed by atoms with Gasteiger partial charge in [0, 0.05) is 17.2 Å². The molecule has 0 aliphatic carbocycles. The van der Waals surface area contributed by atoms with Gasteiger partial charge in [-0.15, -0.1) is 0 Å². The quantitative estimate of drug-likeness (QED) is 0.653. The third-order valence-corrected chi connectivity index (χ3v) is 2.50. The zero-order chi connectivity index (χ0) is 12.4. The molecule has 0 fully saturated rings. The largest absolute Gasteiger partial charge is 0.459 e. The van der Waals surface area contributed by atoms with Crippen LogP contribution in [-0.2, 0) is 6.61 Å². The van der Waals surface area contributed by atoms with E-state index in [1.807, 2.05) is 0 Å². The van der Waals surface area contributed by atoms with Crippen LogP contribution in [0, 0.1) is 17.0 Å². The Morgan fingerprint density at radius 1 is 1.35 bits per heavy atom. The van der Waals surface area contributed by atoms with Gasteiger partial charge < -0.3 is 9.52 Å². The molecule has 0 amide bonds. The van der Waals surface area contributed by atoms with Gasteiger partial charge in [-0.25, -0.2) is 0 Å². The van der Waals surface area contributed by atoms with Gasteiger partial charge in [0.1, 0.15) is 18.1 Å². The Morgan fingerprint density at radius 3 is 2.65 bits per heavy atom. The fraction of sp³-hybridized carbons (Fsp3) is 0.167. The number of furan rings is 1. The van der Waals surface area contributed by atoms with Crippen molar-refractivity contribution in [1.82, 2.24) is 0 Å². The average Bonchev–Trinajstić information content (AvgIpc) is 2.76. The van der Waals surface area contributed by atoms with Gasteiger partial charge >= 0.3 is 0 Å². The molecule has 0 spiro atoms. The lowest BCUT2D eigenvalue weighted by Gasteiger charge is -2.00. The molecule has 0 aliphatic rings. The molecule has 0 saturated carbocycles. The Hall–Kier alpha value is -2.14. The standard InChI is InChI=1S/C12H11NO4/c1-8-6-9(2-4-11(8)13(15)16)12-5-3-10(7-14)17-12/h2-6,14H,7H2,1H3. The third kappa shape index (κ3) is 2.19. The zero-order valence-electron chi connectivity index (χ0n) is 9.21. The zero-order valence-corrected chi connectivity index (χ0v) is 9.21. The summed E-state index contributed by atoms with van der Waals surface area (Å²) in [5.41, 5.74) is 1.42. The van der Waals surface area contributed by atoms with Gasteiger partial charge in [-0.2, -0.15) is 0 Å². The highest BCUT2D eigenvalue weighted by Gasteiger charge is 2.12. The van der Waals surface area contributed by atoms with Crippen LogP contribution in [-0.4, -0.2) is 10.0 Å². The van der Waals surface area contributed by atoms with Crippen LogP contribution in [0.25, 0.3) is 11.3 Å². The maximum Gasteiger partial charge on any atom is 0.272 e. The van der Waals surface area contributed by atoms with E-state index in [2.05, 4.69) is 0 Å². The smallest absolute Gasteiger partial charge is 0.272 e. The van der Waals surface area contributed by atoms with Gasteiger partial charge in [0.05, 0.1) is 4.92 Å². The molecule has 1 heterocycles. The van der Waals surface area contributed by atoms with Gasteiger partial charge in [-0.3, -0.25) is 10.1 Å². The second kappa shape index (κ2) is 4.39. The van der Waals surface area contributed by atoms with Gasteiger partial charge in [0.25, 0.3) is 5.69 Å². The van der Waals surface area contributed by atoms with Crippen LogP contribution in [0.5, 0.6) is 0 Å². The van der Waals surface area contributed by atoms with E-state index in [4.69, 9.17) is 9.52 Å². The Kier molecular flexibility index (Phi) is 2.93. The van der Waals surface area contributed by atoms with Gasteiger partial charge in [0.15, 0.2) is 0 Å². The first-order valence-corrected chi connectivity index (χ1v) is 5.07. The number of hydrogen-bond acceptors (Lipinski definition) is 4. The van der Waals surface area contributed by atoms with E-state index in [1.165, 1.54) is 6.07 Å². The highest BCUT2D eigenvalue weighted by atomic mass is 16.6. The summed E-state index contributed by atoms with van der Waals surface area (Å²) in [4.78, 5) is 10.3. The molecule has 0 saturated heterocycles. The van der Waals surface area contributed by atoms with Crippen molar-refractivity contribution in [1.29, 1.82) is 0 Å². The lowest BCUT2D eigenvalue weighted by atomic mass is 10.1. The van der Waals surface area contributed by atoms with E-state index >= 15 is 0 Å². The Balaban J connectivity index is 2.40. The van der Waals surface area contributed by atoms with E-state index in [9.17, 15) is 10.1 Å². The molecular formula is C12H11NO4. The highest BCUT2D eigenvalue weighted by Crippen LogP contribution is 2.27. The molecule has 5 nitrogen and oxygen atoms in total. The molecule has 1 aromatic carbocycles.